The van der Waals surface area contributed by atoms with Crippen LogP contribution in [0.3, 0.4) is 0 Å². The molecule has 0 amide bonds. The number of fused-ring (bicyclic) bond motifs is 1. The highest BCUT2D eigenvalue weighted by atomic mass is 15.2. The third-order valence-corrected chi connectivity index (χ3v) is 7.36. The average Bonchev–Trinajstić information content (AvgIpc) is 2.93. The van der Waals surface area contributed by atoms with Crippen molar-refractivity contribution in [3.05, 3.63) is 59.7 Å². The molecule has 3 aromatic rings. The minimum absolute atomic E-state index is 0.448. The summed E-state index contributed by atoms with van der Waals surface area (Å²) < 4.78 is 0. The van der Waals surface area contributed by atoms with E-state index in [4.69, 9.17) is 9.97 Å². The van der Waals surface area contributed by atoms with Gasteiger partial charge in [-0.15, -0.1) is 0 Å². The van der Waals surface area contributed by atoms with Gasteiger partial charge in [-0.1, -0.05) is 42.8 Å². The molecule has 0 spiro atoms. The van der Waals surface area contributed by atoms with Crippen LogP contribution in [0.2, 0.25) is 0 Å². The predicted octanol–water partition coefficient (Wildman–Crippen LogP) is 4.37. The van der Waals surface area contributed by atoms with Crippen LogP contribution in [0.5, 0.6) is 0 Å². The molecule has 0 atom stereocenters. The fraction of sp³-hybridized carbons (Fsp3) is 0.517. The molecule has 0 aliphatic carbocycles. The zero-order valence-corrected chi connectivity index (χ0v) is 21.4. The summed E-state index contributed by atoms with van der Waals surface area (Å²) in [5, 5.41) is 15.2. The minimum atomic E-state index is 0.448. The second kappa shape index (κ2) is 13.0. The molecule has 1 aromatic heterocycles. The Hall–Kier alpha value is -2.74. The van der Waals surface area contributed by atoms with E-state index in [1.54, 1.807) is 0 Å². The Morgan fingerprint density at radius 2 is 1.61 bits per heavy atom. The van der Waals surface area contributed by atoms with Gasteiger partial charge in [-0.3, -0.25) is 0 Å². The Kier molecular flexibility index (Phi) is 9.00. The number of nitrogens with zero attached hydrogens (tertiary/aromatic N) is 3. The van der Waals surface area contributed by atoms with Gasteiger partial charge < -0.3 is 26.2 Å². The van der Waals surface area contributed by atoms with Crippen LogP contribution in [-0.2, 0) is 13.1 Å². The highest BCUT2D eigenvalue weighted by molar-refractivity contribution is 5.90. The lowest BCUT2D eigenvalue weighted by Crippen LogP contribution is -2.35. The first-order chi connectivity index (χ1) is 17.8. The molecule has 192 valence electrons. The molecule has 2 aliphatic heterocycles. The predicted molar refractivity (Wildman–Crippen MR) is 149 cm³/mol. The van der Waals surface area contributed by atoms with Gasteiger partial charge in [0, 0.05) is 24.5 Å². The van der Waals surface area contributed by atoms with Crippen LogP contribution in [0.1, 0.15) is 49.7 Å². The maximum absolute atomic E-state index is 4.85. The second-order valence-electron chi connectivity index (χ2n) is 10.2. The number of hydrogen-bond acceptors (Lipinski definition) is 7. The summed E-state index contributed by atoms with van der Waals surface area (Å²) in [4.78, 5) is 12.2. The SMILES string of the molecule is c1ccc2c(NC3CCNCC3)nc(NCc3ccc(CNCCCN4CCCCC4)cc3)nc2c1. The zero-order chi connectivity index (χ0) is 24.4. The van der Waals surface area contributed by atoms with Crippen LogP contribution in [0, 0.1) is 0 Å². The first kappa shape index (κ1) is 24.9. The zero-order valence-electron chi connectivity index (χ0n) is 21.4. The molecule has 0 bridgehead atoms. The van der Waals surface area contributed by atoms with Crippen molar-refractivity contribution in [2.75, 3.05) is 49.9 Å². The lowest BCUT2D eigenvalue weighted by atomic mass is 10.1. The topological polar surface area (TPSA) is 77.1 Å². The Morgan fingerprint density at radius 3 is 2.42 bits per heavy atom. The van der Waals surface area contributed by atoms with E-state index < -0.39 is 0 Å². The smallest absolute Gasteiger partial charge is 0.225 e. The fourth-order valence-electron chi connectivity index (χ4n) is 5.22. The van der Waals surface area contributed by atoms with Crippen LogP contribution in [0.4, 0.5) is 11.8 Å². The van der Waals surface area contributed by atoms with E-state index in [1.807, 2.05) is 6.07 Å². The summed E-state index contributed by atoms with van der Waals surface area (Å²) in [7, 11) is 0. The van der Waals surface area contributed by atoms with Crippen molar-refractivity contribution < 1.29 is 0 Å². The number of benzene rings is 2. The standard InChI is InChI=1S/C29H41N7/c1-4-18-36(19-5-1)20-6-15-31-21-23-9-11-24(12-10-23)22-32-29-34-27-8-3-2-7-26(27)28(35-29)33-25-13-16-30-17-14-25/h2-3,7-12,25,30-31H,1,4-6,13-22H2,(H2,32,33,34,35). The maximum Gasteiger partial charge on any atom is 0.225 e. The molecule has 3 heterocycles. The monoisotopic (exact) mass is 487 g/mol. The maximum atomic E-state index is 4.85. The summed E-state index contributed by atoms with van der Waals surface area (Å²) in [6.45, 7) is 8.61. The molecule has 7 nitrogen and oxygen atoms in total. The molecule has 4 N–H and O–H groups in total. The molecular formula is C29H41N7. The Morgan fingerprint density at radius 1 is 0.861 bits per heavy atom. The van der Waals surface area contributed by atoms with Crippen molar-refractivity contribution in [3.8, 4) is 0 Å². The van der Waals surface area contributed by atoms with Gasteiger partial charge >= 0.3 is 0 Å². The van der Waals surface area contributed by atoms with Gasteiger partial charge in [-0.05, 0) is 94.6 Å². The Labute approximate surface area is 215 Å². The number of nitrogens with one attached hydrogen (secondary N) is 4. The Balaban J connectivity index is 1.11. The first-order valence-corrected chi connectivity index (χ1v) is 13.8. The highest BCUT2D eigenvalue weighted by Gasteiger charge is 2.16. The van der Waals surface area contributed by atoms with Crippen molar-refractivity contribution in [1.29, 1.82) is 0 Å². The molecule has 2 fully saturated rings. The van der Waals surface area contributed by atoms with Crippen LogP contribution in [0.25, 0.3) is 10.9 Å². The number of rotatable bonds is 11. The molecule has 0 saturated carbocycles. The largest absolute Gasteiger partial charge is 0.367 e. The second-order valence-corrected chi connectivity index (χ2v) is 10.2. The molecule has 0 unspecified atom stereocenters. The van der Waals surface area contributed by atoms with Gasteiger partial charge in [0.2, 0.25) is 5.95 Å². The third-order valence-electron chi connectivity index (χ3n) is 7.36. The van der Waals surface area contributed by atoms with Crippen LogP contribution in [-0.4, -0.2) is 60.2 Å². The number of likely N-dealkylation sites (tertiary alicyclic amines) is 1. The number of para-hydroxylation sites is 1. The Bertz CT molecular complexity index is 1070. The summed E-state index contributed by atoms with van der Waals surface area (Å²) in [5.74, 6) is 1.60. The molecule has 5 rings (SSSR count). The summed E-state index contributed by atoms with van der Waals surface area (Å²) in [5.41, 5.74) is 3.52. The lowest BCUT2D eigenvalue weighted by molar-refractivity contribution is 0.225. The average molecular weight is 488 g/mol. The molecular weight excluding hydrogens is 446 g/mol. The van der Waals surface area contributed by atoms with E-state index in [2.05, 4.69) is 68.6 Å². The van der Waals surface area contributed by atoms with E-state index in [1.165, 1.54) is 56.4 Å². The summed E-state index contributed by atoms with van der Waals surface area (Å²) >= 11 is 0. The van der Waals surface area contributed by atoms with E-state index in [0.29, 0.717) is 18.5 Å². The van der Waals surface area contributed by atoms with Gasteiger partial charge in [0.25, 0.3) is 0 Å². The number of hydrogen-bond donors (Lipinski definition) is 4. The lowest BCUT2D eigenvalue weighted by Gasteiger charge is -2.26. The summed E-state index contributed by atoms with van der Waals surface area (Å²) in [6.07, 6.45) is 7.60. The third kappa shape index (κ3) is 7.15. The first-order valence-electron chi connectivity index (χ1n) is 13.8. The molecule has 0 radical (unpaired) electrons. The van der Waals surface area contributed by atoms with Gasteiger partial charge in [0.15, 0.2) is 0 Å². The van der Waals surface area contributed by atoms with Gasteiger partial charge in [-0.25, -0.2) is 4.98 Å². The van der Waals surface area contributed by atoms with Crippen LogP contribution >= 0.6 is 0 Å². The molecule has 36 heavy (non-hydrogen) atoms. The fourth-order valence-corrected chi connectivity index (χ4v) is 5.22. The number of anilines is 2. The van der Waals surface area contributed by atoms with Crippen molar-refractivity contribution in [2.45, 2.75) is 57.7 Å². The van der Waals surface area contributed by atoms with Crippen LogP contribution < -0.4 is 21.3 Å². The van der Waals surface area contributed by atoms with E-state index in [0.717, 1.165) is 55.7 Å². The summed E-state index contributed by atoms with van der Waals surface area (Å²) in [6, 6.07) is 17.5. The van der Waals surface area contributed by atoms with E-state index in [9.17, 15) is 0 Å². The van der Waals surface area contributed by atoms with E-state index >= 15 is 0 Å². The molecule has 2 saturated heterocycles. The number of piperidine rings is 2. The van der Waals surface area contributed by atoms with Crippen molar-refractivity contribution in [2.24, 2.45) is 0 Å². The van der Waals surface area contributed by atoms with Crippen molar-refractivity contribution in [1.82, 2.24) is 25.5 Å². The highest BCUT2D eigenvalue weighted by Crippen LogP contribution is 2.24. The molecule has 2 aromatic carbocycles. The van der Waals surface area contributed by atoms with Crippen molar-refractivity contribution in [3.63, 3.8) is 0 Å². The molecule has 7 heteroatoms. The van der Waals surface area contributed by atoms with Gasteiger partial charge in [0.05, 0.1) is 5.52 Å². The quantitative estimate of drug-likeness (QED) is 0.299. The normalized spacial score (nSPS) is 17.3. The minimum Gasteiger partial charge on any atom is -0.367 e. The molecule has 2 aliphatic rings. The van der Waals surface area contributed by atoms with Crippen LogP contribution in [0.15, 0.2) is 48.5 Å². The van der Waals surface area contributed by atoms with Gasteiger partial charge in [0.1, 0.15) is 5.82 Å². The van der Waals surface area contributed by atoms with Gasteiger partial charge in [-0.2, -0.15) is 4.98 Å². The van der Waals surface area contributed by atoms with Crippen molar-refractivity contribution >= 4 is 22.7 Å². The number of aromatic nitrogens is 2. The van der Waals surface area contributed by atoms with E-state index in [-0.39, 0.29) is 0 Å².